The minimum Gasteiger partial charge on any atom is -0.504 e. The summed E-state index contributed by atoms with van der Waals surface area (Å²) in [4.78, 5) is 24.9. The molecule has 25 heavy (non-hydrogen) atoms. The van der Waals surface area contributed by atoms with Crippen molar-refractivity contribution in [2.45, 2.75) is 50.6 Å². The van der Waals surface area contributed by atoms with E-state index < -0.39 is 11.8 Å². The number of aryl methyl sites for hydroxylation is 1. The number of nitrogens with one attached hydrogen (secondary N) is 2. The molecule has 0 aliphatic heterocycles. The monoisotopic (exact) mass is 344 g/mol. The van der Waals surface area contributed by atoms with Crippen LogP contribution in [0.4, 0.5) is 0 Å². The average molecular weight is 344 g/mol. The van der Waals surface area contributed by atoms with Crippen LogP contribution in [0.15, 0.2) is 24.3 Å². The Morgan fingerprint density at radius 3 is 2.12 bits per heavy atom. The van der Waals surface area contributed by atoms with Gasteiger partial charge in [-0.3, -0.25) is 14.3 Å². The summed E-state index contributed by atoms with van der Waals surface area (Å²) in [6.45, 7) is 0. The topological polar surface area (TPSA) is 96.2 Å². The number of carbonyl (C=O) groups is 2. The van der Waals surface area contributed by atoms with E-state index in [2.05, 4.69) is 27.9 Å². The zero-order valence-electron chi connectivity index (χ0n) is 14.4. The summed E-state index contributed by atoms with van der Waals surface area (Å²) in [5.41, 5.74) is -0.0889. The maximum atomic E-state index is 12.5. The predicted molar refractivity (Wildman–Crippen MR) is 93.4 cm³/mol. The minimum absolute atomic E-state index is 0.0169. The maximum absolute atomic E-state index is 12.5. The second kappa shape index (κ2) is 7.55. The molecule has 3 N–H and O–H groups in total. The van der Waals surface area contributed by atoms with Gasteiger partial charge in [-0.25, -0.2) is 0 Å². The molecule has 2 amide bonds. The van der Waals surface area contributed by atoms with Gasteiger partial charge in [-0.2, -0.15) is 5.10 Å². The molecular weight excluding hydrogens is 320 g/mol. The van der Waals surface area contributed by atoms with Crippen LogP contribution in [0.2, 0.25) is 0 Å². The van der Waals surface area contributed by atoms with E-state index in [-0.39, 0.29) is 29.2 Å². The summed E-state index contributed by atoms with van der Waals surface area (Å²) in [6, 6.07) is 0.0725. The number of aromatic hydroxyl groups is 1. The number of hydrogen-bond donors (Lipinski definition) is 3. The number of allylic oxidation sites excluding steroid dienone is 2. The largest absolute Gasteiger partial charge is 0.504 e. The highest BCUT2D eigenvalue weighted by molar-refractivity contribution is 6.02. The molecule has 0 spiro atoms. The van der Waals surface area contributed by atoms with E-state index in [1.165, 1.54) is 4.68 Å². The lowest BCUT2D eigenvalue weighted by Gasteiger charge is -2.19. The van der Waals surface area contributed by atoms with Gasteiger partial charge in [-0.05, 0) is 38.5 Å². The number of aromatic nitrogens is 2. The number of amides is 2. The van der Waals surface area contributed by atoms with Gasteiger partial charge in [0.2, 0.25) is 0 Å². The lowest BCUT2D eigenvalue weighted by atomic mass is 10.0. The number of rotatable bonds is 4. The van der Waals surface area contributed by atoms with Gasteiger partial charge in [-0.1, -0.05) is 24.3 Å². The van der Waals surface area contributed by atoms with E-state index in [4.69, 9.17) is 0 Å². The minimum atomic E-state index is -0.451. The maximum Gasteiger partial charge on any atom is 0.275 e. The number of nitrogens with zero attached hydrogens (tertiary/aromatic N) is 2. The molecule has 7 heteroatoms. The van der Waals surface area contributed by atoms with Crippen LogP contribution in [0.25, 0.3) is 0 Å². The molecular formula is C18H24N4O3. The molecule has 7 nitrogen and oxygen atoms in total. The van der Waals surface area contributed by atoms with Crippen molar-refractivity contribution in [1.29, 1.82) is 0 Å². The molecule has 134 valence electrons. The molecule has 1 heterocycles. The molecule has 0 bridgehead atoms. The summed E-state index contributed by atoms with van der Waals surface area (Å²) in [6.07, 6.45) is 13.3. The molecule has 1 aromatic rings. The van der Waals surface area contributed by atoms with E-state index in [1.54, 1.807) is 7.05 Å². The number of carbonyl (C=O) groups excluding carboxylic acids is 2. The molecule has 2 atom stereocenters. The average Bonchev–Trinajstić information content (AvgIpc) is 2.91. The van der Waals surface area contributed by atoms with Crippen LogP contribution in [0.3, 0.4) is 0 Å². The van der Waals surface area contributed by atoms with Crippen molar-refractivity contribution >= 4 is 11.8 Å². The Labute approximate surface area is 146 Å². The van der Waals surface area contributed by atoms with Gasteiger partial charge in [0.1, 0.15) is 0 Å². The smallest absolute Gasteiger partial charge is 0.275 e. The summed E-state index contributed by atoms with van der Waals surface area (Å²) < 4.78 is 1.26. The Morgan fingerprint density at radius 1 is 1.04 bits per heavy atom. The molecule has 0 radical (unpaired) electrons. The van der Waals surface area contributed by atoms with Crippen molar-refractivity contribution in [3.63, 3.8) is 0 Å². The number of hydrogen-bond acceptors (Lipinski definition) is 4. The zero-order valence-corrected chi connectivity index (χ0v) is 14.4. The zero-order chi connectivity index (χ0) is 17.8. The van der Waals surface area contributed by atoms with E-state index in [9.17, 15) is 14.7 Å². The Morgan fingerprint density at radius 2 is 1.60 bits per heavy atom. The van der Waals surface area contributed by atoms with Gasteiger partial charge in [0.15, 0.2) is 17.1 Å². The highest BCUT2D eigenvalue weighted by Crippen LogP contribution is 2.23. The van der Waals surface area contributed by atoms with Crippen molar-refractivity contribution < 1.29 is 14.7 Å². The molecule has 0 saturated heterocycles. The van der Waals surface area contributed by atoms with Gasteiger partial charge in [0.05, 0.1) is 0 Å². The standard InChI is InChI=1S/C18H24N4O3/c1-22-15(18(25)20-13-10-6-3-7-11-13)16(23)14(21-22)17(24)19-12-8-4-2-5-9-12/h2-4,6,12-13,23H,5,7-11H2,1H3,(H,19,24)(H,20,25)/t12-,13+/m0/s1. The lowest BCUT2D eigenvalue weighted by molar-refractivity contribution is 0.0919. The van der Waals surface area contributed by atoms with E-state index in [0.29, 0.717) is 0 Å². The highest BCUT2D eigenvalue weighted by atomic mass is 16.3. The van der Waals surface area contributed by atoms with Crippen molar-refractivity contribution in [1.82, 2.24) is 20.4 Å². The van der Waals surface area contributed by atoms with Crippen molar-refractivity contribution in [2.24, 2.45) is 7.05 Å². The van der Waals surface area contributed by atoms with E-state index in [1.807, 2.05) is 12.2 Å². The first-order chi connectivity index (χ1) is 12.1. The first-order valence-corrected chi connectivity index (χ1v) is 8.74. The third kappa shape index (κ3) is 3.92. The van der Waals surface area contributed by atoms with Gasteiger partial charge in [0, 0.05) is 19.1 Å². The fraction of sp³-hybridized carbons (Fsp3) is 0.500. The Hall–Kier alpha value is -2.57. The second-order valence-corrected chi connectivity index (χ2v) is 6.58. The van der Waals surface area contributed by atoms with Crippen LogP contribution in [-0.2, 0) is 7.05 Å². The van der Waals surface area contributed by atoms with Crippen molar-refractivity contribution in [2.75, 3.05) is 0 Å². The molecule has 0 saturated carbocycles. The molecule has 2 aliphatic carbocycles. The summed E-state index contributed by atoms with van der Waals surface area (Å²) in [7, 11) is 1.55. The van der Waals surface area contributed by atoms with Crippen LogP contribution in [0.1, 0.15) is 59.5 Å². The molecule has 0 unspecified atom stereocenters. The van der Waals surface area contributed by atoms with Gasteiger partial charge in [0.25, 0.3) is 11.8 Å². The Balaban J connectivity index is 1.71. The molecule has 2 aliphatic rings. The van der Waals surface area contributed by atoms with Crippen LogP contribution in [0, 0.1) is 0 Å². The van der Waals surface area contributed by atoms with Crippen molar-refractivity contribution in [3.8, 4) is 5.75 Å². The normalized spacial score (nSPS) is 22.6. The first-order valence-electron chi connectivity index (χ1n) is 8.74. The van der Waals surface area contributed by atoms with Gasteiger partial charge < -0.3 is 15.7 Å². The van der Waals surface area contributed by atoms with E-state index >= 15 is 0 Å². The van der Waals surface area contributed by atoms with Gasteiger partial charge in [-0.15, -0.1) is 0 Å². The van der Waals surface area contributed by atoms with Gasteiger partial charge >= 0.3 is 0 Å². The quantitative estimate of drug-likeness (QED) is 0.726. The molecule has 3 rings (SSSR count). The lowest BCUT2D eigenvalue weighted by Crippen LogP contribution is -2.36. The van der Waals surface area contributed by atoms with Crippen molar-refractivity contribution in [3.05, 3.63) is 35.7 Å². The van der Waals surface area contributed by atoms with Crippen LogP contribution in [-0.4, -0.2) is 38.8 Å². The van der Waals surface area contributed by atoms with Crippen LogP contribution >= 0.6 is 0 Å². The summed E-state index contributed by atoms with van der Waals surface area (Å²) >= 11 is 0. The third-order valence-electron chi connectivity index (χ3n) is 4.66. The van der Waals surface area contributed by atoms with Crippen LogP contribution in [0.5, 0.6) is 5.75 Å². The fourth-order valence-electron chi connectivity index (χ4n) is 3.28. The highest BCUT2D eigenvalue weighted by Gasteiger charge is 2.28. The predicted octanol–water partition coefficient (Wildman–Crippen LogP) is 1.80. The van der Waals surface area contributed by atoms with E-state index in [0.717, 1.165) is 38.5 Å². The Kier molecular flexibility index (Phi) is 5.21. The second-order valence-electron chi connectivity index (χ2n) is 6.58. The van der Waals surface area contributed by atoms with Crippen LogP contribution < -0.4 is 10.6 Å². The first kappa shape index (κ1) is 17.3. The fourth-order valence-corrected chi connectivity index (χ4v) is 3.28. The molecule has 0 aromatic carbocycles. The third-order valence-corrected chi connectivity index (χ3v) is 4.66. The molecule has 1 aromatic heterocycles. The molecule has 0 fully saturated rings. The Bertz CT molecular complexity index is 720. The summed E-state index contributed by atoms with van der Waals surface area (Å²) in [5, 5.41) is 20.2. The summed E-state index contributed by atoms with van der Waals surface area (Å²) in [5.74, 6) is -1.23. The SMILES string of the molecule is Cn1nc(C(=O)N[C@H]2CC=CCC2)c(O)c1C(=O)N[C@@H]1CC=CCC1.